The van der Waals surface area contributed by atoms with E-state index in [4.69, 9.17) is 4.74 Å². The van der Waals surface area contributed by atoms with Crippen molar-refractivity contribution in [2.24, 2.45) is 0 Å². The monoisotopic (exact) mass is 551 g/mol. The zero-order valence-corrected chi connectivity index (χ0v) is 23.9. The fourth-order valence-electron chi connectivity index (χ4n) is 4.21. The molecule has 3 aromatic rings. The quantitative estimate of drug-likeness (QED) is 0.357. The molecule has 0 fully saturated rings. The minimum absolute atomic E-state index is 0.0583. The van der Waals surface area contributed by atoms with Crippen molar-refractivity contribution in [3.05, 3.63) is 90.0 Å². The van der Waals surface area contributed by atoms with Gasteiger partial charge in [-0.3, -0.25) is 13.9 Å². The first-order valence-corrected chi connectivity index (χ1v) is 14.4. The van der Waals surface area contributed by atoms with Crippen LogP contribution in [0.1, 0.15) is 38.3 Å². The topological polar surface area (TPSA) is 96.0 Å². The van der Waals surface area contributed by atoms with Gasteiger partial charge in [0.25, 0.3) is 10.0 Å². The normalized spacial score (nSPS) is 12.1. The number of hydrogen-bond acceptors (Lipinski definition) is 5. The van der Waals surface area contributed by atoms with Crippen LogP contribution in [0.25, 0.3) is 0 Å². The number of carbonyl (C=O) groups is 2. The van der Waals surface area contributed by atoms with Crippen LogP contribution in [0, 0.1) is 6.92 Å². The first-order valence-electron chi connectivity index (χ1n) is 12.9. The maximum absolute atomic E-state index is 14.0. The zero-order valence-electron chi connectivity index (χ0n) is 23.1. The second-order valence-corrected chi connectivity index (χ2v) is 11.5. The van der Waals surface area contributed by atoms with Crippen molar-refractivity contribution in [2.45, 2.75) is 57.6 Å². The SMILES string of the molecule is CC[C@@H](C(=O)NC(C)C)N(Cc1ccccc1)C(=O)CN(c1cccc(OC)c1)S(=O)(=O)c1ccc(C)cc1. The van der Waals surface area contributed by atoms with Gasteiger partial charge in [-0.2, -0.15) is 0 Å². The number of ether oxygens (including phenoxy) is 1. The molecule has 0 saturated heterocycles. The van der Waals surface area contributed by atoms with Crippen LogP contribution < -0.4 is 14.4 Å². The summed E-state index contributed by atoms with van der Waals surface area (Å²) in [5.41, 5.74) is 2.02. The largest absolute Gasteiger partial charge is 0.497 e. The molecule has 3 aromatic carbocycles. The molecule has 208 valence electrons. The molecule has 1 atom stereocenters. The van der Waals surface area contributed by atoms with Crippen LogP contribution >= 0.6 is 0 Å². The predicted octanol–water partition coefficient (Wildman–Crippen LogP) is 4.53. The molecular formula is C30H37N3O5S. The second-order valence-electron chi connectivity index (χ2n) is 9.62. The summed E-state index contributed by atoms with van der Waals surface area (Å²) >= 11 is 0. The lowest BCUT2D eigenvalue weighted by Gasteiger charge is -2.33. The number of nitrogens with zero attached hydrogens (tertiary/aromatic N) is 2. The fraction of sp³-hybridized carbons (Fsp3) is 0.333. The number of hydrogen-bond donors (Lipinski definition) is 1. The fourth-order valence-corrected chi connectivity index (χ4v) is 5.62. The lowest BCUT2D eigenvalue weighted by atomic mass is 10.1. The molecule has 0 bridgehead atoms. The summed E-state index contributed by atoms with van der Waals surface area (Å²) < 4.78 is 34.2. The van der Waals surface area contributed by atoms with E-state index in [1.165, 1.54) is 24.1 Å². The molecule has 0 aromatic heterocycles. The Morgan fingerprint density at radius 1 is 0.949 bits per heavy atom. The third-order valence-electron chi connectivity index (χ3n) is 6.24. The Kier molecular flexibility index (Phi) is 10.1. The van der Waals surface area contributed by atoms with Gasteiger partial charge < -0.3 is 15.0 Å². The molecule has 0 saturated carbocycles. The van der Waals surface area contributed by atoms with Crippen molar-refractivity contribution in [3.63, 3.8) is 0 Å². The number of anilines is 1. The number of amides is 2. The molecule has 9 heteroatoms. The van der Waals surface area contributed by atoms with Crippen LogP contribution in [-0.2, 0) is 26.2 Å². The van der Waals surface area contributed by atoms with Crippen LogP contribution in [0.2, 0.25) is 0 Å². The van der Waals surface area contributed by atoms with E-state index in [9.17, 15) is 18.0 Å². The van der Waals surface area contributed by atoms with Crippen molar-refractivity contribution in [1.29, 1.82) is 0 Å². The molecule has 1 N–H and O–H groups in total. The molecule has 8 nitrogen and oxygen atoms in total. The van der Waals surface area contributed by atoms with Gasteiger partial charge in [-0.05, 0) is 57.0 Å². The van der Waals surface area contributed by atoms with Crippen molar-refractivity contribution in [1.82, 2.24) is 10.2 Å². The predicted molar refractivity (Wildman–Crippen MR) is 153 cm³/mol. The van der Waals surface area contributed by atoms with Crippen LogP contribution in [0.4, 0.5) is 5.69 Å². The van der Waals surface area contributed by atoms with Gasteiger partial charge in [0.15, 0.2) is 0 Å². The second kappa shape index (κ2) is 13.3. The lowest BCUT2D eigenvalue weighted by Crippen LogP contribution is -2.53. The average Bonchev–Trinajstić information content (AvgIpc) is 2.91. The highest BCUT2D eigenvalue weighted by Crippen LogP contribution is 2.28. The van der Waals surface area contributed by atoms with Gasteiger partial charge in [0.1, 0.15) is 18.3 Å². The van der Waals surface area contributed by atoms with Gasteiger partial charge in [-0.1, -0.05) is 61.0 Å². The van der Waals surface area contributed by atoms with Crippen molar-refractivity contribution < 1.29 is 22.7 Å². The maximum atomic E-state index is 14.0. The Hall–Kier alpha value is -3.85. The van der Waals surface area contributed by atoms with Crippen molar-refractivity contribution >= 4 is 27.5 Å². The number of benzene rings is 3. The Morgan fingerprint density at radius 2 is 1.62 bits per heavy atom. The van der Waals surface area contributed by atoms with Crippen molar-refractivity contribution in [3.8, 4) is 5.75 Å². The molecule has 0 aliphatic carbocycles. The van der Waals surface area contributed by atoms with E-state index in [-0.39, 0.29) is 29.1 Å². The van der Waals surface area contributed by atoms with Gasteiger partial charge in [-0.15, -0.1) is 0 Å². The highest BCUT2D eigenvalue weighted by Gasteiger charge is 2.34. The zero-order chi connectivity index (χ0) is 28.6. The molecule has 0 aliphatic heterocycles. The van der Waals surface area contributed by atoms with E-state index >= 15 is 0 Å². The van der Waals surface area contributed by atoms with Gasteiger partial charge >= 0.3 is 0 Å². The van der Waals surface area contributed by atoms with E-state index in [2.05, 4.69) is 5.32 Å². The van der Waals surface area contributed by atoms with Crippen LogP contribution in [-0.4, -0.2) is 50.9 Å². The average molecular weight is 552 g/mol. The molecule has 0 spiro atoms. The minimum atomic E-state index is -4.14. The summed E-state index contributed by atoms with van der Waals surface area (Å²) in [5.74, 6) is -0.331. The number of nitrogens with one attached hydrogen (secondary N) is 1. The highest BCUT2D eigenvalue weighted by atomic mass is 32.2. The number of rotatable bonds is 12. The molecule has 3 rings (SSSR count). The Bertz CT molecular complexity index is 1360. The van der Waals surface area contributed by atoms with Gasteiger partial charge in [0, 0.05) is 18.7 Å². The van der Waals surface area contributed by atoms with E-state index in [1.54, 1.807) is 36.4 Å². The first-order chi connectivity index (χ1) is 18.6. The lowest BCUT2D eigenvalue weighted by molar-refractivity contribution is -0.140. The third kappa shape index (κ3) is 7.60. The van der Waals surface area contributed by atoms with Gasteiger partial charge in [0.2, 0.25) is 11.8 Å². The number of sulfonamides is 1. The summed E-state index contributed by atoms with van der Waals surface area (Å²) in [4.78, 5) is 28.7. The van der Waals surface area contributed by atoms with Crippen molar-refractivity contribution in [2.75, 3.05) is 18.0 Å². The highest BCUT2D eigenvalue weighted by molar-refractivity contribution is 7.92. The molecule has 0 aliphatic rings. The molecule has 0 radical (unpaired) electrons. The van der Waals surface area contributed by atoms with Crippen LogP contribution in [0.5, 0.6) is 5.75 Å². The number of aryl methyl sites for hydroxylation is 1. The smallest absolute Gasteiger partial charge is 0.264 e. The molecule has 39 heavy (non-hydrogen) atoms. The van der Waals surface area contributed by atoms with E-state index in [1.807, 2.05) is 58.0 Å². The minimum Gasteiger partial charge on any atom is -0.497 e. The first kappa shape index (κ1) is 29.7. The third-order valence-corrected chi connectivity index (χ3v) is 8.03. The Labute approximate surface area is 231 Å². The summed E-state index contributed by atoms with van der Waals surface area (Å²) in [7, 11) is -2.65. The summed E-state index contributed by atoms with van der Waals surface area (Å²) in [6, 6.07) is 21.5. The molecule has 2 amide bonds. The number of carbonyl (C=O) groups excluding carboxylic acids is 2. The maximum Gasteiger partial charge on any atom is 0.264 e. The molecule has 0 unspecified atom stereocenters. The number of methoxy groups -OCH3 is 1. The Morgan fingerprint density at radius 3 is 2.21 bits per heavy atom. The van der Waals surface area contributed by atoms with E-state index in [0.29, 0.717) is 12.2 Å². The summed E-state index contributed by atoms with van der Waals surface area (Å²) in [5, 5.41) is 2.90. The van der Waals surface area contributed by atoms with Gasteiger partial charge in [-0.25, -0.2) is 8.42 Å². The summed E-state index contributed by atoms with van der Waals surface area (Å²) in [6.07, 6.45) is 0.362. The van der Waals surface area contributed by atoms with E-state index in [0.717, 1.165) is 15.4 Å². The molecule has 0 heterocycles. The standard InChI is InChI=1S/C30H37N3O5S/c1-6-28(30(35)31-22(2)3)32(20-24-11-8-7-9-12-24)29(34)21-33(25-13-10-14-26(19-25)38-5)39(36,37)27-17-15-23(4)16-18-27/h7-19,22,28H,6,20-21H2,1-5H3,(H,31,35)/t28-/m0/s1. The summed E-state index contributed by atoms with van der Waals surface area (Å²) in [6.45, 7) is 7.06. The van der Waals surface area contributed by atoms with Gasteiger partial charge in [0.05, 0.1) is 17.7 Å². The van der Waals surface area contributed by atoms with E-state index < -0.39 is 28.5 Å². The van der Waals surface area contributed by atoms with Crippen LogP contribution in [0.3, 0.4) is 0 Å². The Balaban J connectivity index is 2.07. The van der Waals surface area contributed by atoms with Crippen LogP contribution in [0.15, 0.2) is 83.8 Å². The molecular weight excluding hydrogens is 514 g/mol.